The normalized spacial score (nSPS) is 14.6. The van der Waals surface area contributed by atoms with E-state index in [2.05, 4.69) is 10.9 Å². The van der Waals surface area contributed by atoms with Gasteiger partial charge in [-0.05, 0) is 55.7 Å². The van der Waals surface area contributed by atoms with Gasteiger partial charge in [0.2, 0.25) is 5.91 Å². The third-order valence-corrected chi connectivity index (χ3v) is 6.59. The first-order valence-corrected chi connectivity index (χ1v) is 12.1. The monoisotopic (exact) mass is 501 g/mol. The number of nitrogens with zero attached hydrogens (tertiary/aromatic N) is 1. The van der Waals surface area contributed by atoms with Gasteiger partial charge in [0.1, 0.15) is 4.32 Å². The van der Waals surface area contributed by atoms with Crippen molar-refractivity contribution in [2.24, 2.45) is 0 Å². The molecule has 0 spiro atoms. The molecule has 6 nitrogen and oxygen atoms in total. The maximum absolute atomic E-state index is 12.7. The van der Waals surface area contributed by atoms with Gasteiger partial charge in [0.15, 0.2) is 0 Å². The number of halogens is 1. The smallest absolute Gasteiger partial charge is 0.269 e. The molecule has 1 saturated heterocycles. The Morgan fingerprint density at radius 1 is 1.03 bits per heavy atom. The van der Waals surface area contributed by atoms with Crippen molar-refractivity contribution in [2.45, 2.75) is 32.6 Å². The Kier molecular flexibility index (Phi) is 9.05. The van der Waals surface area contributed by atoms with E-state index in [0.717, 1.165) is 24.0 Å². The van der Waals surface area contributed by atoms with Crippen molar-refractivity contribution >= 4 is 63.7 Å². The van der Waals surface area contributed by atoms with Gasteiger partial charge in [0.25, 0.3) is 11.8 Å². The Labute approximate surface area is 207 Å². The highest BCUT2D eigenvalue weighted by Gasteiger charge is 2.31. The zero-order valence-electron chi connectivity index (χ0n) is 18.1. The first kappa shape index (κ1) is 25.0. The minimum atomic E-state index is -0.357. The van der Waals surface area contributed by atoms with Crippen molar-refractivity contribution in [3.8, 4) is 0 Å². The van der Waals surface area contributed by atoms with E-state index in [4.69, 9.17) is 23.8 Å². The van der Waals surface area contributed by atoms with Crippen molar-refractivity contribution in [3.05, 3.63) is 75.1 Å². The highest BCUT2D eigenvalue weighted by Crippen LogP contribution is 2.32. The molecule has 0 atom stereocenters. The van der Waals surface area contributed by atoms with Gasteiger partial charge in [0.05, 0.1) is 4.91 Å². The summed E-state index contributed by atoms with van der Waals surface area (Å²) in [5, 5.41) is 0.641. The number of unbranched alkanes of at least 4 members (excludes halogenated alkanes) is 2. The Bertz CT molecular complexity index is 1070. The number of hydrogen-bond donors (Lipinski definition) is 2. The van der Waals surface area contributed by atoms with Crippen LogP contribution in [0.2, 0.25) is 5.02 Å². The summed E-state index contributed by atoms with van der Waals surface area (Å²) in [7, 11) is 0. The Hall–Kier alpha value is -2.68. The molecule has 33 heavy (non-hydrogen) atoms. The van der Waals surface area contributed by atoms with Crippen LogP contribution in [0.4, 0.5) is 0 Å². The molecule has 172 valence electrons. The lowest BCUT2D eigenvalue weighted by molar-refractivity contribution is -0.123. The van der Waals surface area contributed by atoms with Crippen molar-refractivity contribution in [2.75, 3.05) is 6.54 Å². The van der Waals surface area contributed by atoms with Gasteiger partial charge >= 0.3 is 0 Å². The number of benzene rings is 2. The summed E-state index contributed by atoms with van der Waals surface area (Å²) in [6, 6.07) is 14.3. The van der Waals surface area contributed by atoms with E-state index in [1.54, 1.807) is 29.2 Å². The summed E-state index contributed by atoms with van der Waals surface area (Å²) in [6.07, 6.45) is 4.21. The number of nitrogens with one attached hydrogen (secondary N) is 2. The third-order valence-electron chi connectivity index (χ3n) is 4.96. The topological polar surface area (TPSA) is 78.5 Å². The van der Waals surface area contributed by atoms with Gasteiger partial charge in [-0.1, -0.05) is 71.8 Å². The largest absolute Gasteiger partial charge is 0.293 e. The molecule has 1 fully saturated rings. The summed E-state index contributed by atoms with van der Waals surface area (Å²) >= 11 is 12.6. The van der Waals surface area contributed by atoms with Gasteiger partial charge < -0.3 is 0 Å². The molecule has 9 heteroatoms. The van der Waals surface area contributed by atoms with Gasteiger partial charge in [-0.3, -0.25) is 30.1 Å². The van der Waals surface area contributed by atoms with Crippen LogP contribution < -0.4 is 10.9 Å². The van der Waals surface area contributed by atoms with E-state index < -0.39 is 0 Å². The zero-order valence-corrected chi connectivity index (χ0v) is 20.5. The Morgan fingerprint density at radius 3 is 2.42 bits per heavy atom. The fourth-order valence-corrected chi connectivity index (χ4v) is 4.54. The Balaban J connectivity index is 1.35. The van der Waals surface area contributed by atoms with E-state index >= 15 is 0 Å². The van der Waals surface area contributed by atoms with Crippen LogP contribution in [-0.4, -0.2) is 33.5 Å². The molecule has 1 heterocycles. The second-order valence-electron chi connectivity index (χ2n) is 7.56. The number of carbonyl (C=O) groups is 3. The number of aryl methyl sites for hydroxylation is 1. The zero-order chi connectivity index (χ0) is 23.8. The van der Waals surface area contributed by atoms with Crippen molar-refractivity contribution in [1.29, 1.82) is 0 Å². The molecular weight excluding hydrogens is 478 g/mol. The Morgan fingerprint density at radius 2 is 1.73 bits per heavy atom. The van der Waals surface area contributed by atoms with Crippen LogP contribution in [0.1, 0.15) is 47.2 Å². The molecule has 3 rings (SSSR count). The van der Waals surface area contributed by atoms with Crippen LogP contribution in [0, 0.1) is 6.92 Å². The number of rotatable bonds is 8. The summed E-state index contributed by atoms with van der Waals surface area (Å²) in [5.74, 6) is -0.715. The van der Waals surface area contributed by atoms with Crippen molar-refractivity contribution in [1.82, 2.24) is 15.8 Å². The predicted molar refractivity (Wildman–Crippen MR) is 137 cm³/mol. The maximum Gasteiger partial charge on any atom is 0.269 e. The molecule has 1 aliphatic rings. The number of hydrazine groups is 1. The molecule has 2 N–H and O–H groups in total. The molecule has 0 radical (unpaired) electrons. The SMILES string of the molecule is Cc1ccc(C(=O)NNC(=O)CCCCCN2C(=O)C(=Cc3ccc(Cl)cc3)SC2=S)cc1. The molecule has 2 aromatic carbocycles. The third kappa shape index (κ3) is 7.42. The summed E-state index contributed by atoms with van der Waals surface area (Å²) in [5.41, 5.74) is 7.27. The summed E-state index contributed by atoms with van der Waals surface area (Å²) in [6.45, 7) is 2.45. The van der Waals surface area contributed by atoms with Gasteiger partial charge in [0, 0.05) is 23.6 Å². The highest BCUT2D eigenvalue weighted by atomic mass is 35.5. The van der Waals surface area contributed by atoms with Crippen LogP contribution in [0.15, 0.2) is 53.4 Å². The summed E-state index contributed by atoms with van der Waals surface area (Å²) < 4.78 is 0.539. The minimum absolute atomic E-state index is 0.100. The van der Waals surface area contributed by atoms with Crippen LogP contribution in [0.5, 0.6) is 0 Å². The quantitative estimate of drug-likeness (QED) is 0.233. The maximum atomic E-state index is 12.7. The average molecular weight is 502 g/mol. The fourth-order valence-electron chi connectivity index (χ4n) is 3.10. The van der Waals surface area contributed by atoms with E-state index in [-0.39, 0.29) is 24.1 Å². The fraction of sp³-hybridized carbons (Fsp3) is 0.250. The second kappa shape index (κ2) is 12.0. The molecule has 0 aliphatic carbocycles. The molecule has 3 amide bonds. The standard InChI is InChI=1S/C24H24ClN3O3S2/c1-16-6-10-18(11-7-16)22(30)27-26-21(29)5-3-2-4-14-28-23(31)20(33-24(28)32)15-17-8-12-19(25)13-9-17/h6-13,15H,2-5,14H2,1H3,(H,26,29)(H,27,30). The minimum Gasteiger partial charge on any atom is -0.293 e. The molecule has 2 aromatic rings. The molecule has 1 aliphatic heterocycles. The molecule has 0 unspecified atom stereocenters. The van der Waals surface area contributed by atoms with Crippen LogP contribution in [0.3, 0.4) is 0 Å². The second-order valence-corrected chi connectivity index (χ2v) is 9.68. The van der Waals surface area contributed by atoms with Crippen LogP contribution in [0.25, 0.3) is 6.08 Å². The lowest BCUT2D eigenvalue weighted by atomic mass is 10.1. The van der Waals surface area contributed by atoms with Crippen molar-refractivity contribution in [3.63, 3.8) is 0 Å². The number of carbonyl (C=O) groups excluding carboxylic acids is 3. The molecular formula is C24H24ClN3O3S2. The van der Waals surface area contributed by atoms with E-state index in [0.29, 0.717) is 32.8 Å². The van der Waals surface area contributed by atoms with Crippen molar-refractivity contribution < 1.29 is 14.4 Å². The van der Waals surface area contributed by atoms with E-state index in [9.17, 15) is 14.4 Å². The van der Waals surface area contributed by atoms with Gasteiger partial charge in [-0.25, -0.2) is 0 Å². The van der Waals surface area contributed by atoms with Gasteiger partial charge in [-0.2, -0.15) is 0 Å². The molecule has 0 bridgehead atoms. The van der Waals surface area contributed by atoms with Crippen LogP contribution in [-0.2, 0) is 9.59 Å². The first-order chi connectivity index (χ1) is 15.8. The van der Waals surface area contributed by atoms with Gasteiger partial charge in [-0.15, -0.1) is 0 Å². The molecule has 0 aromatic heterocycles. The lowest BCUT2D eigenvalue weighted by Crippen LogP contribution is -2.41. The van der Waals surface area contributed by atoms with E-state index in [1.165, 1.54) is 11.8 Å². The average Bonchev–Trinajstić information content (AvgIpc) is 3.06. The van der Waals surface area contributed by atoms with E-state index in [1.807, 2.05) is 37.3 Å². The first-order valence-electron chi connectivity index (χ1n) is 10.5. The highest BCUT2D eigenvalue weighted by molar-refractivity contribution is 8.26. The number of hydrogen-bond acceptors (Lipinski definition) is 5. The number of thioether (sulfide) groups is 1. The predicted octanol–water partition coefficient (Wildman–Crippen LogP) is 4.87. The number of amides is 3. The summed E-state index contributed by atoms with van der Waals surface area (Å²) in [4.78, 5) is 38.8. The van der Waals surface area contributed by atoms with Crippen LogP contribution >= 0.6 is 35.6 Å². The number of thiocarbonyl (C=S) groups is 1. The lowest BCUT2D eigenvalue weighted by Gasteiger charge is -2.14. The molecule has 0 saturated carbocycles.